The van der Waals surface area contributed by atoms with Gasteiger partial charge in [0, 0.05) is 12.4 Å². The number of aromatic nitrogens is 3. The highest BCUT2D eigenvalue weighted by molar-refractivity contribution is 6.36. The van der Waals surface area contributed by atoms with Crippen molar-refractivity contribution in [3.05, 3.63) is 59.0 Å². The fourth-order valence-corrected chi connectivity index (χ4v) is 2.50. The Hall–Kier alpha value is -2.60. The molecule has 3 aromatic rings. The van der Waals surface area contributed by atoms with E-state index >= 15 is 0 Å². The molecule has 1 atom stereocenters. The van der Waals surface area contributed by atoms with Gasteiger partial charge in [-0.3, -0.25) is 4.79 Å². The van der Waals surface area contributed by atoms with Crippen LogP contribution in [0.25, 0.3) is 5.65 Å². The first-order valence-corrected chi connectivity index (χ1v) is 7.41. The fourth-order valence-electron chi connectivity index (χ4n) is 2.24. The van der Waals surface area contributed by atoms with Crippen molar-refractivity contribution >= 4 is 23.2 Å². The summed E-state index contributed by atoms with van der Waals surface area (Å²) in [6.45, 7) is 1.89. The Bertz CT molecular complexity index is 845. The molecule has 0 fully saturated rings. The molecule has 0 saturated carbocycles. The van der Waals surface area contributed by atoms with Crippen molar-refractivity contribution in [3.63, 3.8) is 0 Å². The maximum Gasteiger partial charge on any atom is 0.273 e. The number of carbonyl (C=O) groups excluding carboxylic acids is 1. The number of nitrogens with one attached hydrogen (secondary N) is 1. The highest BCUT2D eigenvalue weighted by Crippen LogP contribution is 2.22. The van der Waals surface area contributed by atoms with Crippen LogP contribution in [-0.2, 0) is 0 Å². The van der Waals surface area contributed by atoms with E-state index in [1.54, 1.807) is 25.6 Å². The van der Waals surface area contributed by atoms with Gasteiger partial charge in [0.15, 0.2) is 11.3 Å². The van der Waals surface area contributed by atoms with Crippen LogP contribution in [0.4, 0.5) is 0 Å². The number of fused-ring (bicyclic) bond motifs is 1. The van der Waals surface area contributed by atoms with Crippen molar-refractivity contribution in [3.8, 4) is 5.75 Å². The third kappa shape index (κ3) is 2.98. The number of hydrogen-bond donors (Lipinski definition) is 1. The lowest BCUT2D eigenvalue weighted by atomic mass is 10.1. The van der Waals surface area contributed by atoms with Gasteiger partial charge in [-0.2, -0.15) is 5.10 Å². The predicted octanol–water partition coefficient (Wildman–Crippen LogP) is 2.88. The molecule has 23 heavy (non-hydrogen) atoms. The van der Waals surface area contributed by atoms with Crippen LogP contribution in [-0.4, -0.2) is 27.6 Å². The molecule has 3 rings (SSSR count). The number of amides is 1. The zero-order valence-electron chi connectivity index (χ0n) is 12.7. The predicted molar refractivity (Wildman–Crippen MR) is 86.9 cm³/mol. The largest absolute Gasteiger partial charge is 0.497 e. The number of carbonyl (C=O) groups is 1. The lowest BCUT2D eigenvalue weighted by Gasteiger charge is -2.14. The molecule has 0 bridgehead atoms. The van der Waals surface area contributed by atoms with Crippen molar-refractivity contribution < 1.29 is 9.53 Å². The summed E-state index contributed by atoms with van der Waals surface area (Å²) in [5.41, 5.74) is 1.57. The Labute approximate surface area is 138 Å². The first kappa shape index (κ1) is 15.3. The molecule has 0 aliphatic rings. The molecule has 2 heterocycles. The average molecular weight is 331 g/mol. The van der Waals surface area contributed by atoms with E-state index in [1.165, 1.54) is 4.52 Å². The summed E-state index contributed by atoms with van der Waals surface area (Å²) >= 11 is 6.20. The lowest BCUT2D eigenvalue weighted by Crippen LogP contribution is -2.27. The van der Waals surface area contributed by atoms with Crippen LogP contribution >= 0.6 is 11.6 Å². The van der Waals surface area contributed by atoms with E-state index in [2.05, 4.69) is 15.4 Å². The number of nitrogens with zero attached hydrogens (tertiary/aromatic N) is 3. The number of benzene rings is 1. The fraction of sp³-hybridized carbons (Fsp3) is 0.188. The van der Waals surface area contributed by atoms with Crippen molar-refractivity contribution in [1.29, 1.82) is 0 Å². The molecule has 2 aromatic heterocycles. The van der Waals surface area contributed by atoms with Crippen LogP contribution in [0.5, 0.6) is 5.75 Å². The molecule has 7 heteroatoms. The molecule has 118 valence electrons. The van der Waals surface area contributed by atoms with Gasteiger partial charge in [-0.1, -0.05) is 23.7 Å². The van der Waals surface area contributed by atoms with E-state index in [0.717, 1.165) is 11.3 Å². The van der Waals surface area contributed by atoms with Crippen molar-refractivity contribution in [2.45, 2.75) is 13.0 Å². The summed E-state index contributed by atoms with van der Waals surface area (Å²) < 4.78 is 6.61. The lowest BCUT2D eigenvalue weighted by molar-refractivity contribution is 0.0934. The summed E-state index contributed by atoms with van der Waals surface area (Å²) in [7, 11) is 1.61. The van der Waals surface area contributed by atoms with Crippen molar-refractivity contribution in [1.82, 2.24) is 19.9 Å². The van der Waals surface area contributed by atoms with Crippen LogP contribution in [0.2, 0.25) is 5.02 Å². The van der Waals surface area contributed by atoms with Gasteiger partial charge in [-0.15, -0.1) is 0 Å². The van der Waals surface area contributed by atoms with E-state index in [-0.39, 0.29) is 22.7 Å². The van der Waals surface area contributed by atoms with E-state index in [1.807, 2.05) is 31.2 Å². The number of ether oxygens (including phenoxy) is 1. The summed E-state index contributed by atoms with van der Waals surface area (Å²) in [5, 5.41) is 7.30. The van der Waals surface area contributed by atoms with Gasteiger partial charge in [-0.25, -0.2) is 9.50 Å². The number of methoxy groups -OCH3 is 1. The van der Waals surface area contributed by atoms with Crippen molar-refractivity contribution in [2.24, 2.45) is 0 Å². The maximum atomic E-state index is 12.4. The Balaban J connectivity index is 1.80. The van der Waals surface area contributed by atoms with E-state index in [9.17, 15) is 4.79 Å². The highest BCUT2D eigenvalue weighted by atomic mass is 35.5. The van der Waals surface area contributed by atoms with Crippen molar-refractivity contribution in [2.75, 3.05) is 7.11 Å². The molecule has 1 amide bonds. The quantitative estimate of drug-likeness (QED) is 0.798. The smallest absolute Gasteiger partial charge is 0.273 e. The van der Waals surface area contributed by atoms with Crippen LogP contribution in [0.15, 0.2) is 42.7 Å². The zero-order chi connectivity index (χ0) is 16.4. The second-order valence-corrected chi connectivity index (χ2v) is 5.40. The van der Waals surface area contributed by atoms with Gasteiger partial charge < -0.3 is 10.1 Å². The molecule has 0 spiro atoms. The third-order valence-electron chi connectivity index (χ3n) is 3.52. The molecule has 0 saturated heterocycles. The summed E-state index contributed by atoms with van der Waals surface area (Å²) in [6, 6.07) is 9.02. The second kappa shape index (κ2) is 6.26. The monoisotopic (exact) mass is 330 g/mol. The molecule has 1 aromatic carbocycles. The SMILES string of the molecule is COc1ccc([C@@H](C)NC(=O)c2nn3cccnc3c2Cl)cc1. The molecular weight excluding hydrogens is 316 g/mol. The average Bonchev–Trinajstić information content (AvgIpc) is 2.92. The van der Waals surface area contributed by atoms with Crippen LogP contribution < -0.4 is 10.1 Å². The number of hydrogen-bond acceptors (Lipinski definition) is 4. The number of rotatable bonds is 4. The van der Waals surface area contributed by atoms with Gasteiger partial charge in [0.2, 0.25) is 0 Å². The van der Waals surface area contributed by atoms with E-state index in [4.69, 9.17) is 16.3 Å². The van der Waals surface area contributed by atoms with Crippen LogP contribution in [0, 0.1) is 0 Å². The molecule has 0 aliphatic heterocycles. The molecule has 0 aliphatic carbocycles. The van der Waals surface area contributed by atoms with Crippen LogP contribution in [0.3, 0.4) is 0 Å². The van der Waals surface area contributed by atoms with Gasteiger partial charge >= 0.3 is 0 Å². The van der Waals surface area contributed by atoms with E-state index in [0.29, 0.717) is 5.65 Å². The first-order valence-electron chi connectivity index (χ1n) is 7.04. The zero-order valence-corrected chi connectivity index (χ0v) is 13.4. The maximum absolute atomic E-state index is 12.4. The molecular formula is C16H15ClN4O2. The standard InChI is InChI=1S/C16H15ClN4O2/c1-10(11-4-6-12(23-2)7-5-11)19-16(22)14-13(17)15-18-8-3-9-21(15)20-14/h3-10H,1-2H3,(H,19,22)/t10-/m1/s1. The molecule has 0 radical (unpaired) electrons. The number of halogens is 1. The third-order valence-corrected chi connectivity index (χ3v) is 3.87. The Kier molecular flexibility index (Phi) is 4.16. The summed E-state index contributed by atoms with van der Waals surface area (Å²) in [4.78, 5) is 16.5. The topological polar surface area (TPSA) is 68.5 Å². The minimum absolute atomic E-state index is 0.158. The minimum Gasteiger partial charge on any atom is -0.497 e. The Morgan fingerprint density at radius 2 is 2.09 bits per heavy atom. The Morgan fingerprint density at radius 3 is 2.74 bits per heavy atom. The Morgan fingerprint density at radius 1 is 1.35 bits per heavy atom. The molecule has 0 unspecified atom stereocenters. The van der Waals surface area contributed by atoms with Gasteiger partial charge in [0.25, 0.3) is 5.91 Å². The molecule has 1 N–H and O–H groups in total. The summed E-state index contributed by atoms with van der Waals surface area (Å²) in [5.74, 6) is 0.422. The van der Waals surface area contributed by atoms with Gasteiger partial charge in [0.05, 0.1) is 13.2 Å². The first-order chi connectivity index (χ1) is 11.1. The minimum atomic E-state index is -0.344. The second-order valence-electron chi connectivity index (χ2n) is 5.02. The van der Waals surface area contributed by atoms with Crippen LogP contribution in [0.1, 0.15) is 29.0 Å². The summed E-state index contributed by atoms with van der Waals surface area (Å²) in [6.07, 6.45) is 3.29. The highest BCUT2D eigenvalue weighted by Gasteiger charge is 2.20. The van der Waals surface area contributed by atoms with E-state index < -0.39 is 0 Å². The molecule has 6 nitrogen and oxygen atoms in total. The normalized spacial score (nSPS) is 12.1. The van der Waals surface area contributed by atoms with Gasteiger partial charge in [-0.05, 0) is 30.7 Å². The van der Waals surface area contributed by atoms with Gasteiger partial charge in [0.1, 0.15) is 10.8 Å².